The monoisotopic (exact) mass is 236 g/mol. The Balaban J connectivity index is 2.74. The lowest BCUT2D eigenvalue weighted by molar-refractivity contribution is -0.162. The number of benzene rings is 1. The minimum atomic E-state index is -1.77. The third-order valence-electron chi connectivity index (χ3n) is 1.94. The maximum atomic E-state index is 11.7. The van der Waals surface area contributed by atoms with E-state index in [1.54, 1.807) is 39.0 Å². The molecule has 92 valence electrons. The third kappa shape index (κ3) is 4.00. The molecule has 1 unspecified atom stereocenters. The van der Waals surface area contributed by atoms with Gasteiger partial charge in [0.25, 0.3) is 0 Å². The average Bonchev–Trinajstić information content (AvgIpc) is 2.26. The molecule has 1 aromatic carbocycles. The highest BCUT2D eigenvalue weighted by Gasteiger charge is 2.29. The molecule has 17 heavy (non-hydrogen) atoms. The first-order chi connectivity index (χ1) is 7.81. The highest BCUT2D eigenvalue weighted by molar-refractivity contribution is 6.10. The van der Waals surface area contributed by atoms with Crippen molar-refractivity contribution in [3.8, 4) is 0 Å². The van der Waals surface area contributed by atoms with Crippen molar-refractivity contribution in [2.45, 2.75) is 32.5 Å². The van der Waals surface area contributed by atoms with Crippen LogP contribution in [-0.4, -0.2) is 28.6 Å². The molecule has 1 aromatic rings. The Bertz CT molecular complexity index is 403. The van der Waals surface area contributed by atoms with Crippen LogP contribution in [0.4, 0.5) is 0 Å². The number of hydrogen-bond donors (Lipinski definition) is 1. The zero-order chi connectivity index (χ0) is 13.1. The molecule has 0 aromatic heterocycles. The van der Waals surface area contributed by atoms with Crippen LogP contribution in [-0.2, 0) is 9.53 Å². The van der Waals surface area contributed by atoms with Gasteiger partial charge in [0.1, 0.15) is 5.60 Å². The molecule has 0 fully saturated rings. The summed E-state index contributed by atoms with van der Waals surface area (Å²) >= 11 is 0. The van der Waals surface area contributed by atoms with Crippen LogP contribution in [0.2, 0.25) is 0 Å². The Kier molecular flexibility index (Phi) is 4.02. The van der Waals surface area contributed by atoms with Gasteiger partial charge in [-0.05, 0) is 20.8 Å². The molecule has 0 amide bonds. The molecule has 4 heteroatoms. The molecule has 0 radical (unpaired) electrons. The number of aliphatic hydroxyl groups is 1. The third-order valence-corrected chi connectivity index (χ3v) is 1.94. The van der Waals surface area contributed by atoms with E-state index in [4.69, 9.17) is 4.74 Å². The second-order valence-electron chi connectivity index (χ2n) is 4.67. The van der Waals surface area contributed by atoms with Crippen LogP contribution in [0.25, 0.3) is 0 Å². The van der Waals surface area contributed by atoms with Crippen molar-refractivity contribution in [3.63, 3.8) is 0 Å². The van der Waals surface area contributed by atoms with Crippen molar-refractivity contribution >= 4 is 11.8 Å². The number of esters is 1. The Morgan fingerprint density at radius 2 is 1.71 bits per heavy atom. The minimum Gasteiger partial charge on any atom is -0.458 e. The van der Waals surface area contributed by atoms with Gasteiger partial charge in [-0.3, -0.25) is 4.79 Å². The predicted octanol–water partition coefficient (Wildman–Crippen LogP) is 1.57. The van der Waals surface area contributed by atoms with Crippen LogP contribution in [0, 0.1) is 0 Å². The summed E-state index contributed by atoms with van der Waals surface area (Å²) in [5.41, 5.74) is -0.444. The van der Waals surface area contributed by atoms with Crippen molar-refractivity contribution in [2.24, 2.45) is 0 Å². The minimum absolute atomic E-state index is 0.283. The number of ether oxygens (including phenoxy) is 1. The van der Waals surface area contributed by atoms with Crippen LogP contribution >= 0.6 is 0 Å². The van der Waals surface area contributed by atoms with Gasteiger partial charge >= 0.3 is 5.97 Å². The van der Waals surface area contributed by atoms with Gasteiger partial charge in [-0.2, -0.15) is 0 Å². The Morgan fingerprint density at radius 1 is 1.18 bits per heavy atom. The highest BCUT2D eigenvalue weighted by atomic mass is 16.6. The van der Waals surface area contributed by atoms with Gasteiger partial charge in [0.05, 0.1) is 0 Å². The molecule has 0 saturated heterocycles. The van der Waals surface area contributed by atoms with Gasteiger partial charge < -0.3 is 9.84 Å². The van der Waals surface area contributed by atoms with E-state index in [1.165, 1.54) is 12.1 Å². The second kappa shape index (κ2) is 5.10. The quantitative estimate of drug-likeness (QED) is 0.491. The first kappa shape index (κ1) is 13.4. The van der Waals surface area contributed by atoms with E-state index >= 15 is 0 Å². The summed E-state index contributed by atoms with van der Waals surface area (Å²) in [5.74, 6) is -1.58. The van der Waals surface area contributed by atoms with Gasteiger partial charge in [0.15, 0.2) is 0 Å². The molecule has 0 aliphatic carbocycles. The van der Waals surface area contributed by atoms with Crippen molar-refractivity contribution < 1.29 is 19.4 Å². The van der Waals surface area contributed by atoms with E-state index in [2.05, 4.69) is 0 Å². The maximum Gasteiger partial charge on any atom is 0.343 e. The number of Topliss-reactive ketones (excluding diaryl/α,β-unsaturated/α-hetero) is 1. The highest BCUT2D eigenvalue weighted by Crippen LogP contribution is 2.11. The smallest absolute Gasteiger partial charge is 0.343 e. The van der Waals surface area contributed by atoms with Gasteiger partial charge in [0.2, 0.25) is 11.9 Å². The lowest BCUT2D eigenvalue weighted by atomic mass is 10.1. The summed E-state index contributed by atoms with van der Waals surface area (Å²) in [7, 11) is 0. The Labute approximate surface area is 100 Å². The van der Waals surface area contributed by atoms with Crippen molar-refractivity contribution in [2.75, 3.05) is 0 Å². The summed E-state index contributed by atoms with van der Waals surface area (Å²) in [5, 5.41) is 9.58. The normalized spacial score (nSPS) is 12.9. The first-order valence-corrected chi connectivity index (χ1v) is 5.31. The van der Waals surface area contributed by atoms with E-state index in [0.717, 1.165) is 0 Å². The molecule has 0 bridgehead atoms. The molecule has 4 nitrogen and oxygen atoms in total. The topological polar surface area (TPSA) is 63.6 Å². The van der Waals surface area contributed by atoms with Crippen LogP contribution in [0.15, 0.2) is 30.3 Å². The molecule has 0 spiro atoms. The van der Waals surface area contributed by atoms with E-state index in [-0.39, 0.29) is 5.56 Å². The molecule has 1 rings (SSSR count). The molecule has 0 saturated carbocycles. The van der Waals surface area contributed by atoms with E-state index < -0.39 is 23.5 Å². The van der Waals surface area contributed by atoms with E-state index in [1.807, 2.05) is 0 Å². The average molecular weight is 236 g/mol. The Morgan fingerprint density at radius 3 is 2.18 bits per heavy atom. The summed E-state index contributed by atoms with van der Waals surface area (Å²) in [6, 6.07) is 8.15. The molecule has 0 heterocycles. The standard InChI is InChI=1S/C13H16O4/c1-13(2,3)17-12(16)11(15)10(14)9-7-5-4-6-8-9/h4-8,11,15H,1-3H3. The fraction of sp³-hybridized carbons (Fsp3) is 0.385. The zero-order valence-corrected chi connectivity index (χ0v) is 10.1. The number of ketones is 1. The maximum absolute atomic E-state index is 11.7. The number of aliphatic hydroxyl groups excluding tert-OH is 1. The molecule has 0 aliphatic heterocycles. The van der Waals surface area contributed by atoms with E-state index in [0.29, 0.717) is 0 Å². The SMILES string of the molecule is CC(C)(C)OC(=O)C(O)C(=O)c1ccccc1. The first-order valence-electron chi connectivity index (χ1n) is 5.31. The van der Waals surface area contributed by atoms with Crippen LogP contribution in [0.1, 0.15) is 31.1 Å². The number of carbonyl (C=O) groups excluding carboxylic acids is 2. The Hall–Kier alpha value is -1.68. The van der Waals surface area contributed by atoms with Crippen LogP contribution < -0.4 is 0 Å². The van der Waals surface area contributed by atoms with Gasteiger partial charge in [0, 0.05) is 5.56 Å². The largest absolute Gasteiger partial charge is 0.458 e. The molecular formula is C13H16O4. The molecule has 1 atom stereocenters. The predicted molar refractivity (Wildman–Crippen MR) is 62.6 cm³/mol. The zero-order valence-electron chi connectivity index (χ0n) is 10.1. The van der Waals surface area contributed by atoms with Crippen molar-refractivity contribution in [3.05, 3.63) is 35.9 Å². The number of rotatable bonds is 3. The van der Waals surface area contributed by atoms with Crippen LogP contribution in [0.3, 0.4) is 0 Å². The molecule has 0 aliphatic rings. The van der Waals surface area contributed by atoms with Gasteiger partial charge in [-0.1, -0.05) is 30.3 Å². The van der Waals surface area contributed by atoms with Crippen molar-refractivity contribution in [1.82, 2.24) is 0 Å². The fourth-order valence-corrected chi connectivity index (χ4v) is 1.22. The summed E-state index contributed by atoms with van der Waals surface area (Å²) in [4.78, 5) is 23.2. The molecular weight excluding hydrogens is 220 g/mol. The summed E-state index contributed by atoms with van der Waals surface area (Å²) in [6.07, 6.45) is -1.77. The lowest BCUT2D eigenvalue weighted by Gasteiger charge is -2.21. The molecule has 1 N–H and O–H groups in total. The fourth-order valence-electron chi connectivity index (χ4n) is 1.22. The van der Waals surface area contributed by atoms with E-state index in [9.17, 15) is 14.7 Å². The second-order valence-corrected chi connectivity index (χ2v) is 4.67. The number of carbonyl (C=O) groups is 2. The van der Waals surface area contributed by atoms with Crippen molar-refractivity contribution in [1.29, 1.82) is 0 Å². The van der Waals surface area contributed by atoms with Gasteiger partial charge in [-0.25, -0.2) is 4.79 Å². The summed E-state index contributed by atoms with van der Waals surface area (Å²) in [6.45, 7) is 5.01. The summed E-state index contributed by atoms with van der Waals surface area (Å²) < 4.78 is 4.93. The lowest BCUT2D eigenvalue weighted by Crippen LogP contribution is -2.36. The van der Waals surface area contributed by atoms with Gasteiger partial charge in [-0.15, -0.1) is 0 Å². The number of hydrogen-bond acceptors (Lipinski definition) is 4. The van der Waals surface area contributed by atoms with Crippen LogP contribution in [0.5, 0.6) is 0 Å².